The second-order valence-electron chi connectivity index (χ2n) is 1.63. The van der Waals surface area contributed by atoms with Crippen LogP contribution in [0.2, 0.25) is 0 Å². The summed E-state index contributed by atoms with van der Waals surface area (Å²) in [6, 6.07) is 0. The molecule has 70 valence electrons. The second kappa shape index (κ2) is 7.99. The van der Waals surface area contributed by atoms with Crippen LogP contribution in [-0.2, 0) is 9.59 Å². The molecule has 0 spiro atoms. The summed E-state index contributed by atoms with van der Waals surface area (Å²) < 4.78 is 0. The molecule has 0 aliphatic rings. The molecule has 0 aromatic rings. The molecule has 0 heterocycles. The van der Waals surface area contributed by atoms with Crippen LogP contribution >= 0.6 is 0 Å². The molecule has 0 atom stereocenters. The lowest BCUT2D eigenvalue weighted by Gasteiger charge is -1.85. The van der Waals surface area contributed by atoms with Gasteiger partial charge in [0.05, 0.1) is 12.8 Å². The van der Waals surface area contributed by atoms with Crippen molar-refractivity contribution < 1.29 is 34.9 Å². The summed E-state index contributed by atoms with van der Waals surface area (Å²) in [5.74, 6) is -2.15. The quantitative estimate of drug-likeness (QED) is 0.313. The zero-order valence-corrected chi connectivity index (χ0v) is 6.04. The van der Waals surface area contributed by atoms with E-state index in [1.807, 2.05) is 0 Å². The van der Waals surface area contributed by atoms with Crippen molar-refractivity contribution in [2.45, 2.75) is 12.8 Å². The first-order chi connectivity index (χ1) is 5.36. The molecule has 7 nitrogen and oxygen atoms in total. The lowest BCUT2D eigenvalue weighted by molar-refractivity contribution is -0.143. The Kier molecular flexibility index (Phi) is 8.97. The maximum atomic E-state index is 9.64. The Labute approximate surface area is 68.1 Å². The van der Waals surface area contributed by atoms with Gasteiger partial charge in [-0.05, 0) is 0 Å². The van der Waals surface area contributed by atoms with Crippen LogP contribution in [0.4, 0.5) is 0 Å². The lowest BCUT2D eigenvalue weighted by Crippen LogP contribution is -2.07. The Morgan fingerprint density at radius 3 is 1.17 bits per heavy atom. The molecule has 0 saturated carbocycles. The van der Waals surface area contributed by atoms with E-state index >= 15 is 0 Å². The van der Waals surface area contributed by atoms with Crippen molar-refractivity contribution in [3.8, 4) is 0 Å². The first kappa shape index (κ1) is 13.5. The summed E-state index contributed by atoms with van der Waals surface area (Å²) in [5.41, 5.74) is 0. The SMILES string of the molecule is O=C(O)CCC(=O)O.OB(O)O. The fourth-order valence-electron chi connectivity index (χ4n) is 0.214. The second-order valence-corrected chi connectivity index (χ2v) is 1.63. The Morgan fingerprint density at radius 2 is 1.08 bits per heavy atom. The third-order valence-electron chi connectivity index (χ3n) is 0.553. The summed E-state index contributed by atoms with van der Waals surface area (Å²) in [4.78, 5) is 19.3. The van der Waals surface area contributed by atoms with Crippen LogP contribution in [0.5, 0.6) is 0 Å². The topological polar surface area (TPSA) is 135 Å². The normalized spacial score (nSPS) is 7.92. The van der Waals surface area contributed by atoms with Crippen LogP contribution in [0.25, 0.3) is 0 Å². The van der Waals surface area contributed by atoms with Gasteiger partial charge in [-0.2, -0.15) is 0 Å². The molecule has 0 bridgehead atoms. The fraction of sp³-hybridized carbons (Fsp3) is 0.500. The highest BCUT2D eigenvalue weighted by molar-refractivity contribution is 6.30. The highest BCUT2D eigenvalue weighted by Crippen LogP contribution is 1.86. The van der Waals surface area contributed by atoms with Crippen molar-refractivity contribution in [2.75, 3.05) is 0 Å². The predicted octanol–water partition coefficient (Wildman–Crippen LogP) is -2.12. The molecule has 5 N–H and O–H groups in total. The molecule has 0 unspecified atom stereocenters. The minimum absolute atomic E-state index is 0.296. The van der Waals surface area contributed by atoms with E-state index in [0.29, 0.717) is 0 Å². The average Bonchev–Trinajstić information content (AvgIpc) is 1.82. The monoisotopic (exact) mass is 180 g/mol. The molecule has 0 amide bonds. The maximum absolute atomic E-state index is 9.64. The first-order valence-corrected chi connectivity index (χ1v) is 2.84. The van der Waals surface area contributed by atoms with Gasteiger partial charge in [-0.1, -0.05) is 0 Å². The standard InChI is InChI=1S/C4H6O4.BH3O3/c5-3(6)1-2-4(7)8;2-1(3)4/h1-2H2,(H,5,6)(H,7,8);2-4H. The molecule has 0 aromatic heterocycles. The van der Waals surface area contributed by atoms with Crippen LogP contribution in [0.1, 0.15) is 12.8 Å². The summed E-state index contributed by atoms with van der Waals surface area (Å²) in [6.45, 7) is 0. The highest BCUT2D eigenvalue weighted by atomic mass is 16.5. The van der Waals surface area contributed by atoms with Crippen molar-refractivity contribution in [3.05, 3.63) is 0 Å². The summed E-state index contributed by atoms with van der Waals surface area (Å²) >= 11 is 0. The largest absolute Gasteiger partial charge is 0.631 e. The van der Waals surface area contributed by atoms with Crippen LogP contribution < -0.4 is 0 Å². The van der Waals surface area contributed by atoms with Crippen LogP contribution in [0.3, 0.4) is 0 Å². The van der Waals surface area contributed by atoms with Crippen molar-refractivity contribution >= 4 is 19.3 Å². The van der Waals surface area contributed by atoms with E-state index in [-0.39, 0.29) is 12.8 Å². The summed E-state index contributed by atoms with van der Waals surface area (Å²) in [6.07, 6.45) is -0.593. The van der Waals surface area contributed by atoms with Gasteiger partial charge in [0, 0.05) is 0 Å². The molecule has 0 saturated heterocycles. The molecule has 0 radical (unpaired) electrons. The molecule has 0 aliphatic carbocycles. The minimum atomic E-state index is -2.17. The number of carbonyl (C=O) groups is 2. The van der Waals surface area contributed by atoms with Crippen LogP contribution in [0.15, 0.2) is 0 Å². The zero-order chi connectivity index (χ0) is 10.1. The van der Waals surface area contributed by atoms with Gasteiger partial charge >= 0.3 is 19.3 Å². The van der Waals surface area contributed by atoms with E-state index in [1.165, 1.54) is 0 Å². The summed E-state index contributed by atoms with van der Waals surface area (Å²) in [5, 5.41) is 37.3. The van der Waals surface area contributed by atoms with E-state index in [1.54, 1.807) is 0 Å². The number of hydrogen-bond donors (Lipinski definition) is 5. The van der Waals surface area contributed by atoms with Crippen molar-refractivity contribution in [3.63, 3.8) is 0 Å². The fourth-order valence-corrected chi connectivity index (χ4v) is 0.214. The van der Waals surface area contributed by atoms with Crippen molar-refractivity contribution in [1.82, 2.24) is 0 Å². The third-order valence-corrected chi connectivity index (χ3v) is 0.553. The highest BCUT2D eigenvalue weighted by Gasteiger charge is 2.00. The van der Waals surface area contributed by atoms with Gasteiger partial charge in [0.1, 0.15) is 0 Å². The van der Waals surface area contributed by atoms with E-state index in [4.69, 9.17) is 25.3 Å². The molecule has 12 heavy (non-hydrogen) atoms. The third kappa shape index (κ3) is 36.6. The number of aliphatic carboxylic acids is 2. The van der Waals surface area contributed by atoms with Gasteiger partial charge in [-0.25, -0.2) is 0 Å². The number of carboxylic acid groups (broad SMARTS) is 2. The Hall–Kier alpha value is -1.12. The molecule has 0 aromatic carbocycles. The van der Waals surface area contributed by atoms with Gasteiger partial charge in [-0.15, -0.1) is 0 Å². The summed E-state index contributed by atoms with van der Waals surface area (Å²) in [7, 11) is -2.17. The van der Waals surface area contributed by atoms with Gasteiger partial charge in [-0.3, -0.25) is 9.59 Å². The molecule has 0 aliphatic heterocycles. The van der Waals surface area contributed by atoms with Crippen molar-refractivity contribution in [2.24, 2.45) is 0 Å². The number of carboxylic acids is 2. The van der Waals surface area contributed by atoms with Gasteiger partial charge in [0.25, 0.3) is 0 Å². The Bertz CT molecular complexity index is 128. The molecular formula is C4H9BO7. The van der Waals surface area contributed by atoms with Crippen LogP contribution in [-0.4, -0.2) is 44.5 Å². The molecule has 0 rings (SSSR count). The zero-order valence-electron chi connectivity index (χ0n) is 6.04. The minimum Gasteiger partial charge on any atom is -0.481 e. The maximum Gasteiger partial charge on any atom is 0.631 e. The number of hydrogen-bond acceptors (Lipinski definition) is 5. The van der Waals surface area contributed by atoms with E-state index < -0.39 is 19.3 Å². The van der Waals surface area contributed by atoms with Gasteiger partial charge in [0.2, 0.25) is 0 Å². The predicted molar refractivity (Wildman–Crippen MR) is 36.9 cm³/mol. The van der Waals surface area contributed by atoms with Gasteiger partial charge in [0.15, 0.2) is 0 Å². The molecular weight excluding hydrogens is 171 g/mol. The Morgan fingerprint density at radius 1 is 0.917 bits per heavy atom. The lowest BCUT2D eigenvalue weighted by atomic mass is 10.3. The number of rotatable bonds is 3. The first-order valence-electron chi connectivity index (χ1n) is 2.84. The van der Waals surface area contributed by atoms with E-state index in [9.17, 15) is 9.59 Å². The van der Waals surface area contributed by atoms with Gasteiger partial charge < -0.3 is 25.3 Å². The molecule has 8 heteroatoms. The Balaban J connectivity index is 0. The average molecular weight is 180 g/mol. The van der Waals surface area contributed by atoms with E-state index in [2.05, 4.69) is 0 Å². The van der Waals surface area contributed by atoms with E-state index in [0.717, 1.165) is 0 Å². The van der Waals surface area contributed by atoms with Crippen LogP contribution in [0, 0.1) is 0 Å². The van der Waals surface area contributed by atoms with Crippen molar-refractivity contribution in [1.29, 1.82) is 0 Å². The molecule has 0 fully saturated rings. The smallest absolute Gasteiger partial charge is 0.481 e.